The monoisotopic (exact) mass is 277 g/mol. The van der Waals surface area contributed by atoms with E-state index in [1.807, 2.05) is 0 Å². The van der Waals surface area contributed by atoms with Gasteiger partial charge >= 0.3 is 0 Å². The zero-order valence-electron chi connectivity index (χ0n) is 14.0. The van der Waals surface area contributed by atoms with Crippen molar-refractivity contribution in [2.45, 2.75) is 73.0 Å². The first-order chi connectivity index (χ1) is 9.43. The third kappa shape index (κ3) is 3.83. The van der Waals surface area contributed by atoms with Crippen LogP contribution in [-0.2, 0) is 0 Å². The van der Waals surface area contributed by atoms with E-state index in [0.717, 1.165) is 24.9 Å². The molecule has 2 unspecified atom stereocenters. The van der Waals surface area contributed by atoms with Crippen LogP contribution in [0.5, 0.6) is 0 Å². The summed E-state index contributed by atoms with van der Waals surface area (Å²) in [6.07, 6.45) is 2.86. The van der Waals surface area contributed by atoms with Crippen molar-refractivity contribution in [2.75, 3.05) is 6.54 Å². The predicted octanol–water partition coefficient (Wildman–Crippen LogP) is 4.12. The molecule has 0 radical (unpaired) electrons. The number of unbranched alkanes of at least 4 members (excludes halogenated alkanes) is 1. The van der Waals surface area contributed by atoms with Gasteiger partial charge in [0.2, 0.25) is 0 Å². The molecule has 0 aliphatic rings. The standard InChI is InChI=1S/C18H31NO/c1-7-9-10-19-16(8-2)18(20)17-14(5)12(3)11-13(4)15(17)6/h11,16,18-20H,7-10H2,1-6H3. The van der Waals surface area contributed by atoms with Crippen LogP contribution in [0.2, 0.25) is 0 Å². The quantitative estimate of drug-likeness (QED) is 0.735. The minimum Gasteiger partial charge on any atom is -0.387 e. The summed E-state index contributed by atoms with van der Waals surface area (Å²) in [5.74, 6) is 0. The Hall–Kier alpha value is -0.860. The number of benzene rings is 1. The van der Waals surface area contributed by atoms with Crippen LogP contribution >= 0.6 is 0 Å². The summed E-state index contributed by atoms with van der Waals surface area (Å²) in [5, 5.41) is 14.3. The second-order valence-electron chi connectivity index (χ2n) is 5.94. The summed E-state index contributed by atoms with van der Waals surface area (Å²) in [5.41, 5.74) is 6.13. The first-order valence-electron chi connectivity index (χ1n) is 7.92. The van der Waals surface area contributed by atoms with Crippen LogP contribution < -0.4 is 5.32 Å². The van der Waals surface area contributed by atoms with Crippen molar-refractivity contribution in [3.05, 3.63) is 33.9 Å². The average molecular weight is 277 g/mol. The Kier molecular flexibility index (Phi) is 6.70. The lowest BCUT2D eigenvalue weighted by atomic mass is 9.87. The van der Waals surface area contributed by atoms with E-state index in [1.165, 1.54) is 28.7 Å². The van der Waals surface area contributed by atoms with E-state index in [4.69, 9.17) is 0 Å². The highest BCUT2D eigenvalue weighted by atomic mass is 16.3. The normalized spacial score (nSPS) is 14.3. The van der Waals surface area contributed by atoms with Crippen LogP contribution in [0.1, 0.15) is 67.0 Å². The molecule has 0 aliphatic carbocycles. The van der Waals surface area contributed by atoms with E-state index in [9.17, 15) is 5.11 Å². The first-order valence-corrected chi connectivity index (χ1v) is 7.92. The van der Waals surface area contributed by atoms with E-state index in [-0.39, 0.29) is 6.04 Å². The molecule has 20 heavy (non-hydrogen) atoms. The summed E-state index contributed by atoms with van der Waals surface area (Å²) >= 11 is 0. The molecule has 0 saturated heterocycles. The van der Waals surface area contributed by atoms with Gasteiger partial charge < -0.3 is 10.4 Å². The van der Waals surface area contributed by atoms with Crippen LogP contribution in [0.15, 0.2) is 6.07 Å². The minimum absolute atomic E-state index is 0.139. The van der Waals surface area contributed by atoms with Crippen LogP contribution in [0.25, 0.3) is 0 Å². The lowest BCUT2D eigenvalue weighted by Crippen LogP contribution is -2.35. The van der Waals surface area contributed by atoms with Crippen LogP contribution in [0, 0.1) is 27.7 Å². The van der Waals surface area contributed by atoms with Crippen molar-refractivity contribution >= 4 is 0 Å². The maximum atomic E-state index is 10.8. The largest absolute Gasteiger partial charge is 0.387 e. The fourth-order valence-corrected chi connectivity index (χ4v) is 2.84. The number of nitrogens with one attached hydrogen (secondary N) is 1. The van der Waals surface area contributed by atoms with Gasteiger partial charge in [0, 0.05) is 6.04 Å². The van der Waals surface area contributed by atoms with Gasteiger partial charge in [-0.05, 0) is 74.9 Å². The van der Waals surface area contributed by atoms with Gasteiger partial charge in [0.05, 0.1) is 6.10 Å². The van der Waals surface area contributed by atoms with Crippen molar-refractivity contribution in [3.8, 4) is 0 Å². The van der Waals surface area contributed by atoms with Crippen LogP contribution in [-0.4, -0.2) is 17.7 Å². The van der Waals surface area contributed by atoms with Crippen molar-refractivity contribution in [3.63, 3.8) is 0 Å². The molecule has 0 amide bonds. The molecular formula is C18H31NO. The average Bonchev–Trinajstić information content (AvgIpc) is 2.41. The van der Waals surface area contributed by atoms with Gasteiger partial charge in [-0.25, -0.2) is 0 Å². The summed E-state index contributed by atoms with van der Waals surface area (Å²) in [7, 11) is 0. The van der Waals surface area contributed by atoms with Gasteiger partial charge in [-0.1, -0.05) is 26.3 Å². The lowest BCUT2D eigenvalue weighted by molar-refractivity contribution is 0.124. The van der Waals surface area contributed by atoms with Crippen molar-refractivity contribution < 1.29 is 5.11 Å². The SMILES string of the molecule is CCCCNC(CC)C(O)c1c(C)c(C)cc(C)c1C. The highest BCUT2D eigenvalue weighted by Crippen LogP contribution is 2.30. The van der Waals surface area contributed by atoms with Crippen LogP contribution in [0.3, 0.4) is 0 Å². The molecule has 114 valence electrons. The number of aryl methyl sites for hydroxylation is 2. The van der Waals surface area contributed by atoms with Crippen molar-refractivity contribution in [2.24, 2.45) is 0 Å². The van der Waals surface area contributed by atoms with Crippen molar-refractivity contribution in [1.82, 2.24) is 5.32 Å². The smallest absolute Gasteiger partial charge is 0.0948 e. The van der Waals surface area contributed by atoms with Crippen LogP contribution in [0.4, 0.5) is 0 Å². The Labute approximate surface area is 124 Å². The predicted molar refractivity (Wildman–Crippen MR) is 87.3 cm³/mol. The van der Waals surface area contributed by atoms with E-state index < -0.39 is 6.10 Å². The van der Waals surface area contributed by atoms with E-state index in [2.05, 4.69) is 52.9 Å². The Bertz CT molecular complexity index is 413. The molecule has 0 saturated carbocycles. The number of hydrogen-bond acceptors (Lipinski definition) is 2. The van der Waals surface area contributed by atoms with Gasteiger partial charge in [0.25, 0.3) is 0 Å². The summed E-state index contributed by atoms with van der Waals surface area (Å²) in [6.45, 7) is 13.8. The third-order valence-electron chi connectivity index (χ3n) is 4.48. The summed E-state index contributed by atoms with van der Waals surface area (Å²) in [6, 6.07) is 2.35. The van der Waals surface area contributed by atoms with Gasteiger partial charge in [-0.15, -0.1) is 0 Å². The molecular weight excluding hydrogens is 246 g/mol. The first kappa shape index (κ1) is 17.2. The molecule has 1 aromatic rings. The number of hydrogen-bond donors (Lipinski definition) is 2. The zero-order valence-corrected chi connectivity index (χ0v) is 14.0. The molecule has 0 bridgehead atoms. The van der Waals surface area contributed by atoms with Gasteiger partial charge in [-0.2, -0.15) is 0 Å². The molecule has 0 spiro atoms. The molecule has 2 nitrogen and oxygen atoms in total. The molecule has 2 atom stereocenters. The Morgan fingerprint density at radius 2 is 1.60 bits per heavy atom. The van der Waals surface area contributed by atoms with Gasteiger partial charge in [0.1, 0.15) is 0 Å². The molecule has 1 rings (SSSR count). The number of aliphatic hydroxyl groups is 1. The maximum Gasteiger partial charge on any atom is 0.0948 e. The fourth-order valence-electron chi connectivity index (χ4n) is 2.84. The second kappa shape index (κ2) is 7.80. The molecule has 0 fully saturated rings. The van der Waals surface area contributed by atoms with E-state index in [1.54, 1.807) is 0 Å². The summed E-state index contributed by atoms with van der Waals surface area (Å²) < 4.78 is 0. The van der Waals surface area contributed by atoms with Crippen molar-refractivity contribution in [1.29, 1.82) is 0 Å². The van der Waals surface area contributed by atoms with Gasteiger partial charge in [-0.3, -0.25) is 0 Å². The minimum atomic E-state index is -0.421. The number of aliphatic hydroxyl groups excluding tert-OH is 1. The van der Waals surface area contributed by atoms with E-state index >= 15 is 0 Å². The number of rotatable bonds is 7. The maximum absolute atomic E-state index is 10.8. The van der Waals surface area contributed by atoms with Gasteiger partial charge in [0.15, 0.2) is 0 Å². The third-order valence-corrected chi connectivity index (χ3v) is 4.48. The second-order valence-corrected chi connectivity index (χ2v) is 5.94. The Balaban J connectivity index is 3.03. The lowest BCUT2D eigenvalue weighted by Gasteiger charge is -2.27. The van der Waals surface area contributed by atoms with E-state index in [0.29, 0.717) is 0 Å². The molecule has 2 N–H and O–H groups in total. The molecule has 2 heteroatoms. The summed E-state index contributed by atoms with van der Waals surface area (Å²) in [4.78, 5) is 0. The highest BCUT2D eigenvalue weighted by molar-refractivity contribution is 5.45. The molecule has 0 aromatic heterocycles. The molecule has 0 heterocycles. The zero-order chi connectivity index (χ0) is 15.3. The highest BCUT2D eigenvalue weighted by Gasteiger charge is 2.23. The molecule has 0 aliphatic heterocycles. The topological polar surface area (TPSA) is 32.3 Å². The fraction of sp³-hybridized carbons (Fsp3) is 0.667. The Morgan fingerprint density at radius 3 is 2.05 bits per heavy atom. The Morgan fingerprint density at radius 1 is 1.05 bits per heavy atom. The molecule has 1 aromatic carbocycles.